The van der Waals surface area contributed by atoms with E-state index in [2.05, 4.69) is 5.32 Å². The first-order valence-electron chi connectivity index (χ1n) is 5.74. The van der Waals surface area contributed by atoms with E-state index in [4.69, 9.17) is 0 Å². The van der Waals surface area contributed by atoms with Gasteiger partial charge in [0.25, 0.3) is 5.69 Å². The second-order valence-corrected chi connectivity index (χ2v) is 4.43. The van der Waals surface area contributed by atoms with Crippen molar-refractivity contribution < 1.29 is 13.7 Å². The van der Waals surface area contributed by atoms with E-state index < -0.39 is 27.8 Å². The van der Waals surface area contributed by atoms with E-state index in [9.17, 15) is 18.9 Å². The SMILES string of the molecule is CCC(C)(CC)Nc1c(F)cc([N+](=O)[O-])cc1F. The van der Waals surface area contributed by atoms with Crippen LogP contribution in [0.5, 0.6) is 0 Å². The molecule has 0 atom stereocenters. The lowest BCUT2D eigenvalue weighted by Crippen LogP contribution is -2.33. The third-order valence-corrected chi connectivity index (χ3v) is 3.23. The monoisotopic (exact) mass is 258 g/mol. The third-order valence-electron chi connectivity index (χ3n) is 3.23. The molecule has 4 nitrogen and oxygen atoms in total. The summed E-state index contributed by atoms with van der Waals surface area (Å²) in [5, 5.41) is 13.3. The van der Waals surface area contributed by atoms with Gasteiger partial charge in [-0.2, -0.15) is 0 Å². The van der Waals surface area contributed by atoms with Gasteiger partial charge in [0, 0.05) is 5.54 Å². The van der Waals surface area contributed by atoms with Crippen LogP contribution in [-0.2, 0) is 0 Å². The molecule has 0 aromatic heterocycles. The summed E-state index contributed by atoms with van der Waals surface area (Å²) in [7, 11) is 0. The molecule has 0 aliphatic heterocycles. The van der Waals surface area contributed by atoms with Crippen LogP contribution < -0.4 is 5.32 Å². The number of nitro groups is 1. The van der Waals surface area contributed by atoms with Gasteiger partial charge in [0.2, 0.25) is 0 Å². The normalized spacial score (nSPS) is 11.4. The van der Waals surface area contributed by atoms with Crippen LogP contribution in [0.4, 0.5) is 20.2 Å². The second kappa shape index (κ2) is 5.29. The Morgan fingerprint density at radius 2 is 1.72 bits per heavy atom. The number of hydrogen-bond donors (Lipinski definition) is 1. The number of benzene rings is 1. The Morgan fingerprint density at radius 3 is 2.06 bits per heavy atom. The van der Waals surface area contributed by atoms with Gasteiger partial charge in [-0.1, -0.05) is 13.8 Å². The first kappa shape index (κ1) is 14.3. The van der Waals surface area contributed by atoms with Crippen molar-refractivity contribution in [2.75, 3.05) is 5.32 Å². The number of non-ortho nitro benzene ring substituents is 1. The van der Waals surface area contributed by atoms with E-state index in [1.807, 2.05) is 20.8 Å². The zero-order valence-corrected chi connectivity index (χ0v) is 10.6. The Hall–Kier alpha value is -1.72. The van der Waals surface area contributed by atoms with Gasteiger partial charge in [-0.3, -0.25) is 10.1 Å². The van der Waals surface area contributed by atoms with Crippen molar-refractivity contribution in [3.05, 3.63) is 33.9 Å². The predicted molar refractivity (Wildman–Crippen MR) is 65.6 cm³/mol. The molecule has 100 valence electrons. The van der Waals surface area contributed by atoms with E-state index in [-0.39, 0.29) is 5.69 Å². The molecule has 1 aromatic carbocycles. The first-order valence-corrected chi connectivity index (χ1v) is 5.74. The van der Waals surface area contributed by atoms with Gasteiger partial charge >= 0.3 is 0 Å². The molecule has 0 fully saturated rings. The summed E-state index contributed by atoms with van der Waals surface area (Å²) in [6.07, 6.45) is 1.36. The fraction of sp³-hybridized carbons (Fsp3) is 0.500. The summed E-state index contributed by atoms with van der Waals surface area (Å²) in [6.45, 7) is 5.64. The van der Waals surface area contributed by atoms with Crippen molar-refractivity contribution in [2.45, 2.75) is 39.2 Å². The van der Waals surface area contributed by atoms with Gasteiger partial charge in [0.15, 0.2) is 11.6 Å². The Labute approximate surface area is 104 Å². The van der Waals surface area contributed by atoms with E-state index in [0.717, 1.165) is 12.1 Å². The maximum Gasteiger partial charge on any atom is 0.275 e. The second-order valence-electron chi connectivity index (χ2n) is 4.43. The van der Waals surface area contributed by atoms with Crippen molar-refractivity contribution in [1.29, 1.82) is 0 Å². The van der Waals surface area contributed by atoms with Crippen LogP contribution in [0.25, 0.3) is 0 Å². The van der Waals surface area contributed by atoms with Gasteiger partial charge in [-0.15, -0.1) is 0 Å². The fourth-order valence-corrected chi connectivity index (χ4v) is 1.51. The van der Waals surface area contributed by atoms with Crippen LogP contribution in [0.15, 0.2) is 12.1 Å². The maximum atomic E-state index is 13.7. The number of anilines is 1. The van der Waals surface area contributed by atoms with Gasteiger partial charge < -0.3 is 5.32 Å². The minimum atomic E-state index is -0.949. The number of nitrogens with zero attached hydrogens (tertiary/aromatic N) is 1. The van der Waals surface area contributed by atoms with Gasteiger partial charge in [0.1, 0.15) is 5.69 Å². The number of nitrogens with one attached hydrogen (secondary N) is 1. The molecule has 0 spiro atoms. The Kier molecular flexibility index (Phi) is 4.21. The minimum absolute atomic E-state index is 0.313. The van der Waals surface area contributed by atoms with E-state index in [1.165, 1.54) is 0 Å². The summed E-state index contributed by atoms with van der Waals surface area (Å²) >= 11 is 0. The molecule has 0 saturated heterocycles. The highest BCUT2D eigenvalue weighted by Gasteiger charge is 2.24. The number of hydrogen-bond acceptors (Lipinski definition) is 3. The third kappa shape index (κ3) is 2.94. The quantitative estimate of drug-likeness (QED) is 0.644. The topological polar surface area (TPSA) is 55.2 Å². The van der Waals surface area contributed by atoms with Crippen molar-refractivity contribution in [3.63, 3.8) is 0 Å². The van der Waals surface area contributed by atoms with Crippen LogP contribution in [0.1, 0.15) is 33.6 Å². The molecule has 0 aliphatic rings. The summed E-state index contributed by atoms with van der Waals surface area (Å²) in [4.78, 5) is 9.64. The Morgan fingerprint density at radius 1 is 1.28 bits per heavy atom. The molecular formula is C12H16F2N2O2. The fourth-order valence-electron chi connectivity index (χ4n) is 1.51. The minimum Gasteiger partial charge on any atom is -0.375 e. The molecular weight excluding hydrogens is 242 g/mol. The number of halogens is 2. The van der Waals surface area contributed by atoms with Crippen LogP contribution in [0.2, 0.25) is 0 Å². The molecule has 1 N–H and O–H groups in total. The lowest BCUT2D eigenvalue weighted by atomic mass is 9.95. The molecule has 0 bridgehead atoms. The summed E-state index contributed by atoms with van der Waals surface area (Å²) in [6, 6.07) is 1.44. The van der Waals surface area contributed by atoms with Gasteiger partial charge in [-0.05, 0) is 19.8 Å². The van der Waals surface area contributed by atoms with Crippen LogP contribution in [0, 0.1) is 21.7 Å². The standard InChI is InChI=1S/C12H16F2N2O2/c1-4-12(3,5-2)15-11-9(13)6-8(16(17)18)7-10(11)14/h6-7,15H,4-5H2,1-3H3. The highest BCUT2D eigenvalue weighted by Crippen LogP contribution is 2.29. The lowest BCUT2D eigenvalue weighted by Gasteiger charge is -2.29. The molecule has 1 aromatic rings. The van der Waals surface area contributed by atoms with Crippen molar-refractivity contribution in [1.82, 2.24) is 0 Å². The number of nitro benzene ring substituents is 1. The molecule has 0 aliphatic carbocycles. The highest BCUT2D eigenvalue weighted by atomic mass is 19.1. The lowest BCUT2D eigenvalue weighted by molar-refractivity contribution is -0.385. The zero-order chi connectivity index (χ0) is 13.9. The molecule has 0 heterocycles. The van der Waals surface area contributed by atoms with Crippen LogP contribution >= 0.6 is 0 Å². The van der Waals surface area contributed by atoms with Crippen LogP contribution in [-0.4, -0.2) is 10.5 Å². The van der Waals surface area contributed by atoms with Gasteiger partial charge in [0.05, 0.1) is 17.1 Å². The highest BCUT2D eigenvalue weighted by molar-refractivity contribution is 5.53. The average molecular weight is 258 g/mol. The largest absolute Gasteiger partial charge is 0.375 e. The predicted octanol–water partition coefficient (Wildman–Crippen LogP) is 3.86. The van der Waals surface area contributed by atoms with E-state index in [1.54, 1.807) is 0 Å². The first-order chi connectivity index (χ1) is 8.33. The molecule has 0 unspecified atom stereocenters. The van der Waals surface area contributed by atoms with E-state index in [0.29, 0.717) is 12.8 Å². The molecule has 6 heteroatoms. The van der Waals surface area contributed by atoms with Gasteiger partial charge in [-0.25, -0.2) is 8.78 Å². The smallest absolute Gasteiger partial charge is 0.275 e. The van der Waals surface area contributed by atoms with E-state index >= 15 is 0 Å². The number of rotatable bonds is 5. The zero-order valence-electron chi connectivity index (χ0n) is 10.6. The van der Waals surface area contributed by atoms with Crippen molar-refractivity contribution in [2.24, 2.45) is 0 Å². The Bertz CT molecular complexity index is 436. The molecule has 0 amide bonds. The molecule has 0 saturated carbocycles. The molecule has 1 rings (SSSR count). The van der Waals surface area contributed by atoms with Crippen molar-refractivity contribution in [3.8, 4) is 0 Å². The summed E-state index contributed by atoms with van der Waals surface area (Å²) < 4.78 is 27.3. The average Bonchev–Trinajstić information content (AvgIpc) is 2.33. The van der Waals surface area contributed by atoms with Crippen molar-refractivity contribution >= 4 is 11.4 Å². The van der Waals surface area contributed by atoms with Crippen LogP contribution in [0.3, 0.4) is 0 Å². The maximum absolute atomic E-state index is 13.7. The summed E-state index contributed by atoms with van der Waals surface area (Å²) in [5.74, 6) is -1.90. The Balaban J connectivity index is 3.15. The molecule has 0 radical (unpaired) electrons. The summed E-state index contributed by atoms with van der Waals surface area (Å²) in [5.41, 5.74) is -1.35. The molecule has 18 heavy (non-hydrogen) atoms.